The molecule has 0 amide bonds. The lowest BCUT2D eigenvalue weighted by atomic mass is 10.2. The van der Waals surface area contributed by atoms with Gasteiger partial charge in [0, 0.05) is 24.2 Å². The Morgan fingerprint density at radius 1 is 0.938 bits per heavy atom. The summed E-state index contributed by atoms with van der Waals surface area (Å²) in [5.74, 6) is 0.622. The predicted octanol–water partition coefficient (Wildman–Crippen LogP) is 4.41. The van der Waals surface area contributed by atoms with Gasteiger partial charge in [0.15, 0.2) is 5.82 Å². The lowest BCUT2D eigenvalue weighted by molar-refractivity contribution is -0.154. The van der Waals surface area contributed by atoms with Crippen molar-refractivity contribution in [1.82, 2.24) is 25.4 Å². The van der Waals surface area contributed by atoms with Gasteiger partial charge in [-0.2, -0.15) is 13.2 Å². The quantitative estimate of drug-likeness (QED) is 0.512. The summed E-state index contributed by atoms with van der Waals surface area (Å²) in [6.45, 7) is 5.36. The minimum absolute atomic E-state index is 0.0275. The van der Waals surface area contributed by atoms with Crippen molar-refractivity contribution in [3.63, 3.8) is 0 Å². The molecule has 0 atom stereocenters. The van der Waals surface area contributed by atoms with Crippen molar-refractivity contribution < 1.29 is 27.4 Å². The summed E-state index contributed by atoms with van der Waals surface area (Å²) in [7, 11) is 0. The molecule has 0 unspecified atom stereocenters. The number of ether oxygens (including phenoxy) is 2. The van der Waals surface area contributed by atoms with E-state index < -0.39 is 17.3 Å². The van der Waals surface area contributed by atoms with Gasteiger partial charge in [-0.3, -0.25) is 4.79 Å². The fourth-order valence-corrected chi connectivity index (χ4v) is 2.47. The maximum absolute atomic E-state index is 12.6. The van der Waals surface area contributed by atoms with E-state index >= 15 is 0 Å². The summed E-state index contributed by atoms with van der Waals surface area (Å²) >= 11 is 0. The number of pyridine rings is 1. The van der Waals surface area contributed by atoms with Gasteiger partial charge in [-0.1, -0.05) is 0 Å². The molecule has 0 aliphatic carbocycles. The van der Waals surface area contributed by atoms with Crippen LogP contribution in [0.2, 0.25) is 0 Å². The summed E-state index contributed by atoms with van der Waals surface area (Å²) in [5.41, 5.74) is -0.806. The van der Waals surface area contributed by atoms with Crippen molar-refractivity contribution in [2.75, 3.05) is 0 Å². The van der Waals surface area contributed by atoms with Crippen molar-refractivity contribution in [2.45, 2.75) is 45.4 Å². The summed E-state index contributed by atoms with van der Waals surface area (Å²) in [4.78, 5) is 15.4. The molecule has 0 N–H and O–H groups in total. The first-order valence-corrected chi connectivity index (χ1v) is 9.59. The Kier molecular flexibility index (Phi) is 6.66. The second-order valence-electron chi connectivity index (χ2n) is 7.74. The molecular formula is C21H20F3N5O3. The Labute approximate surface area is 181 Å². The maximum atomic E-state index is 12.6. The summed E-state index contributed by atoms with van der Waals surface area (Å²) < 4.78 is 48.4. The molecule has 0 saturated heterocycles. The van der Waals surface area contributed by atoms with E-state index in [9.17, 15) is 18.0 Å². The van der Waals surface area contributed by atoms with Crippen LogP contribution in [0.1, 0.15) is 38.6 Å². The molecule has 3 aromatic rings. The number of rotatable bonds is 6. The second kappa shape index (κ2) is 9.25. The van der Waals surface area contributed by atoms with Crippen LogP contribution < -0.4 is 4.74 Å². The molecule has 0 saturated carbocycles. The monoisotopic (exact) mass is 447 g/mol. The van der Waals surface area contributed by atoms with Gasteiger partial charge in [0.05, 0.1) is 12.0 Å². The van der Waals surface area contributed by atoms with E-state index in [2.05, 4.69) is 25.4 Å². The first kappa shape index (κ1) is 23.0. The van der Waals surface area contributed by atoms with Crippen molar-refractivity contribution >= 4 is 5.97 Å². The third kappa shape index (κ3) is 6.69. The largest absolute Gasteiger partial charge is 0.460 e. The molecule has 0 aliphatic heterocycles. The van der Waals surface area contributed by atoms with Gasteiger partial charge in [0.2, 0.25) is 11.7 Å². The highest BCUT2D eigenvalue weighted by molar-refractivity contribution is 5.70. The molecule has 1 aromatic carbocycles. The van der Waals surface area contributed by atoms with Crippen molar-refractivity contribution in [2.24, 2.45) is 0 Å². The first-order chi connectivity index (χ1) is 15.0. The van der Waals surface area contributed by atoms with E-state index in [0.29, 0.717) is 23.3 Å². The van der Waals surface area contributed by atoms with E-state index in [1.807, 2.05) is 0 Å². The van der Waals surface area contributed by atoms with Gasteiger partial charge < -0.3 is 9.47 Å². The number of esters is 1. The number of aromatic nitrogens is 5. The topological polar surface area (TPSA) is 100.0 Å². The van der Waals surface area contributed by atoms with Crippen LogP contribution in [0, 0.1) is 0 Å². The molecule has 2 aromatic heterocycles. The highest BCUT2D eigenvalue weighted by atomic mass is 19.4. The van der Waals surface area contributed by atoms with E-state index in [-0.39, 0.29) is 30.5 Å². The predicted molar refractivity (Wildman–Crippen MR) is 107 cm³/mol. The molecule has 8 nitrogen and oxygen atoms in total. The fraction of sp³-hybridized carbons (Fsp3) is 0.333. The van der Waals surface area contributed by atoms with E-state index in [0.717, 1.165) is 12.1 Å². The van der Waals surface area contributed by atoms with Crippen molar-refractivity contribution in [3.05, 3.63) is 54.0 Å². The van der Waals surface area contributed by atoms with Crippen LogP contribution in [0.5, 0.6) is 11.6 Å². The van der Waals surface area contributed by atoms with Crippen LogP contribution in [0.3, 0.4) is 0 Å². The highest BCUT2D eigenvalue weighted by Crippen LogP contribution is 2.30. The number of hydrogen-bond donors (Lipinski definition) is 0. The molecule has 2 heterocycles. The Morgan fingerprint density at radius 3 is 2.12 bits per heavy atom. The molecular weight excluding hydrogens is 427 g/mol. The van der Waals surface area contributed by atoms with E-state index in [4.69, 9.17) is 9.47 Å². The number of aryl methyl sites for hydroxylation is 1. The van der Waals surface area contributed by atoms with Gasteiger partial charge in [-0.25, -0.2) is 4.98 Å². The number of hydrogen-bond acceptors (Lipinski definition) is 8. The van der Waals surface area contributed by atoms with Crippen LogP contribution in [0.15, 0.2) is 42.6 Å². The van der Waals surface area contributed by atoms with Crippen LogP contribution in [-0.4, -0.2) is 36.9 Å². The van der Waals surface area contributed by atoms with Crippen LogP contribution >= 0.6 is 0 Å². The molecule has 0 spiro atoms. The SMILES string of the molecule is CC(C)(C)OC(=O)CCc1nnc(-c2ccc(Oc3ccc(C(F)(F)F)cn3)cc2)nn1. The molecule has 0 radical (unpaired) electrons. The van der Waals surface area contributed by atoms with Crippen LogP contribution in [-0.2, 0) is 22.1 Å². The average molecular weight is 447 g/mol. The molecule has 168 valence electrons. The molecule has 3 rings (SSSR count). The zero-order valence-electron chi connectivity index (χ0n) is 17.6. The average Bonchev–Trinajstić information content (AvgIpc) is 2.72. The third-order valence-corrected chi connectivity index (χ3v) is 3.89. The number of halogens is 3. The summed E-state index contributed by atoms with van der Waals surface area (Å²) in [6.07, 6.45) is -3.38. The van der Waals surface area contributed by atoms with Gasteiger partial charge in [-0.05, 0) is 51.1 Å². The van der Waals surface area contributed by atoms with Gasteiger partial charge >= 0.3 is 12.1 Å². The minimum atomic E-state index is -4.46. The third-order valence-electron chi connectivity index (χ3n) is 3.89. The Morgan fingerprint density at radius 2 is 1.59 bits per heavy atom. The van der Waals surface area contributed by atoms with E-state index in [1.54, 1.807) is 45.0 Å². The molecule has 0 bridgehead atoms. The first-order valence-electron chi connectivity index (χ1n) is 9.59. The number of carbonyl (C=O) groups excluding carboxylic acids is 1. The minimum Gasteiger partial charge on any atom is -0.460 e. The molecule has 0 fully saturated rings. The highest BCUT2D eigenvalue weighted by Gasteiger charge is 2.30. The van der Waals surface area contributed by atoms with Gasteiger partial charge in [0.25, 0.3) is 0 Å². The Hall–Kier alpha value is -3.63. The van der Waals surface area contributed by atoms with Crippen LogP contribution in [0.4, 0.5) is 13.2 Å². The van der Waals surface area contributed by atoms with Gasteiger partial charge in [0.1, 0.15) is 11.4 Å². The number of alkyl halides is 3. The fourth-order valence-electron chi connectivity index (χ4n) is 2.47. The Bertz CT molecular complexity index is 1050. The van der Waals surface area contributed by atoms with E-state index in [1.165, 1.54) is 0 Å². The molecule has 0 aliphatic rings. The lowest BCUT2D eigenvalue weighted by Crippen LogP contribution is -2.24. The van der Waals surface area contributed by atoms with Crippen molar-refractivity contribution in [3.8, 4) is 23.0 Å². The zero-order valence-corrected chi connectivity index (χ0v) is 17.6. The number of nitrogens with zero attached hydrogens (tertiary/aromatic N) is 5. The molecule has 32 heavy (non-hydrogen) atoms. The Balaban J connectivity index is 1.58. The maximum Gasteiger partial charge on any atom is 0.417 e. The van der Waals surface area contributed by atoms with Gasteiger partial charge in [-0.15, -0.1) is 20.4 Å². The second-order valence-corrected chi connectivity index (χ2v) is 7.74. The summed E-state index contributed by atoms with van der Waals surface area (Å²) in [6, 6.07) is 8.52. The lowest BCUT2D eigenvalue weighted by Gasteiger charge is -2.19. The summed E-state index contributed by atoms with van der Waals surface area (Å²) in [5, 5.41) is 16.0. The smallest absolute Gasteiger partial charge is 0.417 e. The standard InChI is InChI=1S/C21H20F3N5O3/c1-20(2,3)32-18(30)11-9-16-26-28-19(29-27-16)13-4-7-15(8-5-13)31-17-10-6-14(12-25-17)21(22,23)24/h4-8,10,12H,9,11H2,1-3H3. The van der Waals surface area contributed by atoms with Crippen LogP contribution in [0.25, 0.3) is 11.4 Å². The van der Waals surface area contributed by atoms with Crippen molar-refractivity contribution in [1.29, 1.82) is 0 Å². The number of benzene rings is 1. The zero-order chi connectivity index (χ0) is 23.4. The molecule has 11 heteroatoms. The normalized spacial score (nSPS) is 11.8. The number of carbonyl (C=O) groups is 1.